The van der Waals surface area contributed by atoms with Crippen molar-refractivity contribution in [3.63, 3.8) is 0 Å². The van der Waals surface area contributed by atoms with E-state index in [0.717, 1.165) is 9.37 Å². The predicted octanol–water partition coefficient (Wildman–Crippen LogP) is 4.64. The lowest BCUT2D eigenvalue weighted by Gasteiger charge is -2.08. The van der Waals surface area contributed by atoms with Crippen molar-refractivity contribution in [2.75, 3.05) is 5.32 Å². The van der Waals surface area contributed by atoms with Gasteiger partial charge in [0, 0.05) is 21.8 Å². The molecule has 0 spiro atoms. The molecule has 0 aliphatic carbocycles. The van der Waals surface area contributed by atoms with E-state index in [-0.39, 0.29) is 5.91 Å². The molecule has 1 amide bonds. The van der Waals surface area contributed by atoms with Gasteiger partial charge in [0.05, 0.1) is 5.56 Å². The first kappa shape index (κ1) is 15.7. The number of pyridine rings is 2. The molecule has 2 aromatic heterocycles. The van der Waals surface area contributed by atoms with Crippen LogP contribution in [0.5, 0.6) is 0 Å². The number of benzene rings is 1. The molecule has 23 heavy (non-hydrogen) atoms. The fourth-order valence-corrected chi connectivity index (χ4v) is 3.02. The number of halogens is 1. The minimum absolute atomic E-state index is 0.226. The van der Waals surface area contributed by atoms with E-state index in [1.54, 1.807) is 36.7 Å². The summed E-state index contributed by atoms with van der Waals surface area (Å²) in [6, 6.07) is 16.7. The zero-order valence-electron chi connectivity index (χ0n) is 11.9. The highest BCUT2D eigenvalue weighted by Crippen LogP contribution is 2.29. The molecule has 0 unspecified atom stereocenters. The summed E-state index contributed by atoms with van der Waals surface area (Å²) >= 11 is 4.86. The Kier molecular flexibility index (Phi) is 5.05. The number of hydrogen-bond acceptors (Lipinski definition) is 4. The molecule has 6 heteroatoms. The number of hydrogen-bond donors (Lipinski definition) is 1. The Balaban J connectivity index is 1.82. The van der Waals surface area contributed by atoms with Crippen LogP contribution in [0.1, 0.15) is 10.4 Å². The predicted molar refractivity (Wildman–Crippen MR) is 94.7 cm³/mol. The van der Waals surface area contributed by atoms with E-state index in [4.69, 9.17) is 0 Å². The van der Waals surface area contributed by atoms with Gasteiger partial charge in [0.2, 0.25) is 0 Å². The first-order valence-electron chi connectivity index (χ1n) is 6.83. The highest BCUT2D eigenvalue weighted by atomic mass is 79.9. The molecule has 0 aliphatic rings. The Morgan fingerprint density at radius 2 is 1.74 bits per heavy atom. The zero-order chi connectivity index (χ0) is 16.1. The number of carbonyl (C=O) groups is 1. The summed E-state index contributed by atoms with van der Waals surface area (Å²) in [5, 5.41) is 3.44. The van der Waals surface area contributed by atoms with Crippen LogP contribution in [0.2, 0.25) is 0 Å². The highest BCUT2D eigenvalue weighted by Gasteiger charge is 2.14. The normalized spacial score (nSPS) is 10.3. The molecular formula is C17H12BrN3OS. The van der Waals surface area contributed by atoms with E-state index in [9.17, 15) is 4.79 Å². The van der Waals surface area contributed by atoms with E-state index in [2.05, 4.69) is 31.2 Å². The van der Waals surface area contributed by atoms with Gasteiger partial charge >= 0.3 is 0 Å². The summed E-state index contributed by atoms with van der Waals surface area (Å²) in [4.78, 5) is 21.9. The quantitative estimate of drug-likeness (QED) is 0.710. The molecule has 2 heterocycles. The fraction of sp³-hybridized carbons (Fsp3) is 0. The summed E-state index contributed by atoms with van der Waals surface area (Å²) in [6.07, 6.45) is 3.31. The third-order valence-corrected chi connectivity index (χ3v) is 4.51. The number of rotatable bonds is 4. The Hall–Kier alpha value is -2.18. The zero-order valence-corrected chi connectivity index (χ0v) is 14.3. The maximum Gasteiger partial charge on any atom is 0.259 e. The minimum Gasteiger partial charge on any atom is -0.306 e. The topological polar surface area (TPSA) is 54.9 Å². The van der Waals surface area contributed by atoms with Crippen molar-refractivity contribution in [1.82, 2.24) is 9.97 Å². The lowest BCUT2D eigenvalue weighted by molar-refractivity contribution is 0.102. The largest absolute Gasteiger partial charge is 0.306 e. The molecule has 0 aliphatic heterocycles. The van der Waals surface area contributed by atoms with Gasteiger partial charge < -0.3 is 5.32 Å². The first-order valence-corrected chi connectivity index (χ1v) is 8.44. The van der Waals surface area contributed by atoms with Gasteiger partial charge in [-0.05, 0) is 48.5 Å². The molecule has 0 saturated heterocycles. The van der Waals surface area contributed by atoms with E-state index in [0.29, 0.717) is 16.4 Å². The van der Waals surface area contributed by atoms with Crippen LogP contribution in [-0.4, -0.2) is 15.9 Å². The van der Waals surface area contributed by atoms with Crippen molar-refractivity contribution >= 4 is 39.4 Å². The van der Waals surface area contributed by atoms with Gasteiger partial charge in [-0.15, -0.1) is 0 Å². The van der Waals surface area contributed by atoms with Gasteiger partial charge in [-0.25, -0.2) is 9.97 Å². The maximum absolute atomic E-state index is 12.5. The van der Waals surface area contributed by atoms with Gasteiger partial charge in [0.25, 0.3) is 5.91 Å². The summed E-state index contributed by atoms with van der Waals surface area (Å²) in [5.74, 6) is 0.289. The monoisotopic (exact) mass is 385 g/mol. The SMILES string of the molecule is O=C(Nc1ccccn1)c1cccnc1Sc1ccc(Br)cc1. The number of carbonyl (C=O) groups excluding carboxylic acids is 1. The second kappa shape index (κ2) is 7.39. The second-order valence-corrected chi connectivity index (χ2v) is 6.56. The third-order valence-electron chi connectivity index (χ3n) is 2.95. The van der Waals surface area contributed by atoms with E-state index in [1.807, 2.05) is 30.3 Å². The standard InChI is InChI=1S/C17H12BrN3OS/c18-12-6-8-13(9-7-12)23-17-14(4-3-11-20-17)16(22)21-15-5-1-2-10-19-15/h1-11H,(H,19,21,22). The lowest BCUT2D eigenvalue weighted by Crippen LogP contribution is -2.14. The number of amides is 1. The minimum atomic E-state index is -0.226. The fourth-order valence-electron chi connectivity index (χ4n) is 1.88. The van der Waals surface area contributed by atoms with Crippen LogP contribution < -0.4 is 5.32 Å². The van der Waals surface area contributed by atoms with Crippen molar-refractivity contribution < 1.29 is 4.79 Å². The molecule has 3 rings (SSSR count). The lowest BCUT2D eigenvalue weighted by atomic mass is 10.2. The third kappa shape index (κ3) is 4.18. The van der Waals surface area contributed by atoms with Crippen LogP contribution >= 0.6 is 27.7 Å². The molecule has 0 atom stereocenters. The van der Waals surface area contributed by atoms with Crippen molar-refractivity contribution in [2.45, 2.75) is 9.92 Å². The van der Waals surface area contributed by atoms with Crippen LogP contribution in [0.4, 0.5) is 5.82 Å². The number of nitrogens with zero attached hydrogens (tertiary/aromatic N) is 2. The Morgan fingerprint density at radius 1 is 0.957 bits per heavy atom. The molecular weight excluding hydrogens is 374 g/mol. The summed E-state index contributed by atoms with van der Waals surface area (Å²) in [5.41, 5.74) is 0.520. The van der Waals surface area contributed by atoms with Gasteiger partial charge in [0.15, 0.2) is 0 Å². The van der Waals surface area contributed by atoms with Crippen molar-refractivity contribution in [2.24, 2.45) is 0 Å². The van der Waals surface area contributed by atoms with Gasteiger partial charge in [-0.1, -0.05) is 33.8 Å². The van der Waals surface area contributed by atoms with Crippen molar-refractivity contribution in [1.29, 1.82) is 0 Å². The number of nitrogens with one attached hydrogen (secondary N) is 1. The van der Waals surface area contributed by atoms with E-state index < -0.39 is 0 Å². The summed E-state index contributed by atoms with van der Waals surface area (Å²) in [6.45, 7) is 0. The number of anilines is 1. The molecule has 0 saturated carbocycles. The van der Waals surface area contributed by atoms with E-state index >= 15 is 0 Å². The number of aromatic nitrogens is 2. The molecule has 114 valence electrons. The first-order chi connectivity index (χ1) is 11.2. The van der Waals surface area contributed by atoms with Crippen LogP contribution in [0.15, 0.2) is 81.4 Å². The van der Waals surface area contributed by atoms with E-state index in [1.165, 1.54) is 11.8 Å². The molecule has 1 N–H and O–H groups in total. The van der Waals surface area contributed by atoms with Crippen LogP contribution in [0.25, 0.3) is 0 Å². The van der Waals surface area contributed by atoms with Crippen molar-refractivity contribution in [3.8, 4) is 0 Å². The highest BCUT2D eigenvalue weighted by molar-refractivity contribution is 9.10. The van der Waals surface area contributed by atoms with Gasteiger partial charge in [-0.2, -0.15) is 0 Å². The average Bonchev–Trinajstić information content (AvgIpc) is 2.58. The van der Waals surface area contributed by atoms with Crippen LogP contribution in [-0.2, 0) is 0 Å². The maximum atomic E-state index is 12.5. The second-order valence-electron chi connectivity index (χ2n) is 4.58. The molecule has 0 radical (unpaired) electrons. The molecule has 0 bridgehead atoms. The van der Waals surface area contributed by atoms with Crippen molar-refractivity contribution in [3.05, 3.63) is 77.0 Å². The Labute approximate surface area is 146 Å². The summed E-state index contributed by atoms with van der Waals surface area (Å²) in [7, 11) is 0. The average molecular weight is 386 g/mol. The van der Waals surface area contributed by atoms with Gasteiger partial charge in [0.1, 0.15) is 10.8 Å². The molecule has 0 fully saturated rings. The summed E-state index contributed by atoms with van der Waals surface area (Å²) < 4.78 is 1.01. The van der Waals surface area contributed by atoms with Gasteiger partial charge in [-0.3, -0.25) is 4.79 Å². The molecule has 1 aromatic carbocycles. The molecule has 4 nitrogen and oxygen atoms in total. The smallest absolute Gasteiger partial charge is 0.259 e. The Bertz CT molecular complexity index is 810. The molecule has 3 aromatic rings. The van der Waals surface area contributed by atoms with Crippen LogP contribution in [0, 0.1) is 0 Å². The Morgan fingerprint density at radius 3 is 2.48 bits per heavy atom. The van der Waals surface area contributed by atoms with Crippen LogP contribution in [0.3, 0.4) is 0 Å².